The third kappa shape index (κ3) is 4.14. The lowest BCUT2D eigenvalue weighted by Gasteiger charge is -2.31. The van der Waals surface area contributed by atoms with E-state index in [1.807, 2.05) is 36.4 Å². The minimum atomic E-state index is -3.55. The molecule has 0 bridgehead atoms. The van der Waals surface area contributed by atoms with E-state index in [0.29, 0.717) is 38.8 Å². The van der Waals surface area contributed by atoms with E-state index < -0.39 is 15.1 Å². The van der Waals surface area contributed by atoms with E-state index in [0.717, 1.165) is 22.1 Å². The summed E-state index contributed by atoms with van der Waals surface area (Å²) in [6.45, 7) is 0.848. The molecule has 0 radical (unpaired) electrons. The maximum atomic E-state index is 12.9. The van der Waals surface area contributed by atoms with E-state index in [1.54, 1.807) is 19.1 Å². The minimum absolute atomic E-state index is 0.0136. The van der Waals surface area contributed by atoms with Crippen LogP contribution in [0.25, 0.3) is 10.8 Å². The molecule has 4 rings (SSSR count). The first kappa shape index (κ1) is 21.3. The zero-order chi connectivity index (χ0) is 22.0. The highest BCUT2D eigenvalue weighted by Crippen LogP contribution is 2.30. The highest BCUT2D eigenvalue weighted by Gasteiger charge is 2.35. The van der Waals surface area contributed by atoms with Crippen molar-refractivity contribution in [3.05, 3.63) is 48.3 Å². The summed E-state index contributed by atoms with van der Waals surface area (Å²) in [5.41, 5.74) is 1.02. The number of nitrogens with zero attached hydrogens (tertiary/aromatic N) is 4. The standard InChI is InChI=1S/C22H26N4O4S/c1-25-15-23-24-22(25)31(28,29)17-11-13-26(14-12-17)21(27)10-8-19-18-6-4-3-5-16(18)7-9-20(19)30-2/h3-7,9,15,17H,8,10-14H2,1-2H3. The fourth-order valence-corrected chi connectivity index (χ4v) is 5.99. The monoisotopic (exact) mass is 442 g/mol. The van der Waals surface area contributed by atoms with Gasteiger partial charge in [0.1, 0.15) is 12.1 Å². The Morgan fingerprint density at radius 2 is 1.90 bits per heavy atom. The lowest BCUT2D eigenvalue weighted by atomic mass is 9.99. The topological polar surface area (TPSA) is 94.4 Å². The Hall–Kier alpha value is -2.94. The molecule has 31 heavy (non-hydrogen) atoms. The van der Waals surface area contributed by atoms with Gasteiger partial charge in [-0.05, 0) is 36.1 Å². The summed E-state index contributed by atoms with van der Waals surface area (Å²) in [7, 11) is -0.297. The van der Waals surface area contributed by atoms with E-state index in [4.69, 9.17) is 4.74 Å². The van der Waals surface area contributed by atoms with Gasteiger partial charge in [0.2, 0.25) is 20.9 Å². The quantitative estimate of drug-likeness (QED) is 0.582. The third-order valence-corrected chi connectivity index (χ3v) is 8.19. The highest BCUT2D eigenvalue weighted by atomic mass is 32.2. The molecule has 0 atom stereocenters. The van der Waals surface area contributed by atoms with Gasteiger partial charge < -0.3 is 14.2 Å². The Morgan fingerprint density at radius 1 is 1.16 bits per heavy atom. The van der Waals surface area contributed by atoms with Gasteiger partial charge in [0.15, 0.2) is 0 Å². The van der Waals surface area contributed by atoms with Crippen molar-refractivity contribution in [1.29, 1.82) is 0 Å². The number of ether oxygens (including phenoxy) is 1. The molecule has 0 spiro atoms. The number of sulfone groups is 1. The van der Waals surface area contributed by atoms with Crippen LogP contribution in [0.1, 0.15) is 24.8 Å². The number of aromatic nitrogens is 3. The van der Waals surface area contributed by atoms with Gasteiger partial charge in [-0.15, -0.1) is 10.2 Å². The highest BCUT2D eigenvalue weighted by molar-refractivity contribution is 7.91. The number of piperidine rings is 1. The number of methoxy groups -OCH3 is 1. The van der Waals surface area contributed by atoms with Crippen molar-refractivity contribution in [2.24, 2.45) is 7.05 Å². The van der Waals surface area contributed by atoms with Crippen molar-refractivity contribution < 1.29 is 17.9 Å². The second-order valence-corrected chi connectivity index (χ2v) is 9.94. The average molecular weight is 443 g/mol. The third-order valence-electron chi connectivity index (χ3n) is 5.96. The van der Waals surface area contributed by atoms with Crippen molar-refractivity contribution >= 4 is 26.5 Å². The van der Waals surface area contributed by atoms with Crippen LogP contribution in [0.3, 0.4) is 0 Å². The number of rotatable bonds is 6. The Bertz CT molecular complexity index is 1200. The number of amides is 1. The molecular formula is C22H26N4O4S. The smallest absolute Gasteiger partial charge is 0.249 e. The fourth-order valence-electron chi connectivity index (χ4n) is 4.25. The summed E-state index contributed by atoms with van der Waals surface area (Å²) in [6.07, 6.45) is 3.11. The zero-order valence-electron chi connectivity index (χ0n) is 17.7. The van der Waals surface area contributed by atoms with E-state index in [1.165, 1.54) is 10.9 Å². The maximum Gasteiger partial charge on any atom is 0.249 e. The molecule has 1 aliphatic rings. The largest absolute Gasteiger partial charge is 0.496 e. The van der Waals surface area contributed by atoms with Crippen LogP contribution in [0.15, 0.2) is 47.9 Å². The normalized spacial score (nSPS) is 15.4. The molecule has 2 aromatic carbocycles. The number of likely N-dealkylation sites (tertiary alicyclic amines) is 1. The summed E-state index contributed by atoms with van der Waals surface area (Å²) in [5, 5.41) is 9.07. The molecule has 0 N–H and O–H groups in total. The fraction of sp³-hybridized carbons (Fsp3) is 0.409. The van der Waals surface area contributed by atoms with Gasteiger partial charge in [0.25, 0.3) is 0 Å². The van der Waals surface area contributed by atoms with Gasteiger partial charge in [-0.25, -0.2) is 8.42 Å². The number of carbonyl (C=O) groups excluding carboxylic acids is 1. The molecular weight excluding hydrogens is 416 g/mol. The number of aryl methyl sites for hydroxylation is 2. The van der Waals surface area contributed by atoms with Crippen LogP contribution < -0.4 is 4.74 Å². The molecule has 3 aromatic rings. The van der Waals surface area contributed by atoms with Crippen LogP contribution >= 0.6 is 0 Å². The second-order valence-electron chi connectivity index (χ2n) is 7.82. The predicted molar refractivity (Wildman–Crippen MR) is 117 cm³/mol. The number of benzene rings is 2. The van der Waals surface area contributed by atoms with Crippen molar-refractivity contribution in [3.8, 4) is 5.75 Å². The van der Waals surface area contributed by atoms with Gasteiger partial charge in [0, 0.05) is 32.1 Å². The first-order valence-corrected chi connectivity index (χ1v) is 11.9. The van der Waals surface area contributed by atoms with Crippen LogP contribution in [0, 0.1) is 0 Å². The van der Waals surface area contributed by atoms with E-state index in [9.17, 15) is 13.2 Å². The number of carbonyl (C=O) groups is 1. The van der Waals surface area contributed by atoms with Crippen molar-refractivity contribution in [2.45, 2.75) is 36.1 Å². The molecule has 0 aliphatic carbocycles. The number of fused-ring (bicyclic) bond motifs is 1. The maximum absolute atomic E-state index is 12.9. The van der Waals surface area contributed by atoms with Gasteiger partial charge >= 0.3 is 0 Å². The van der Waals surface area contributed by atoms with Crippen LogP contribution in [-0.2, 0) is 28.1 Å². The second kappa shape index (κ2) is 8.66. The van der Waals surface area contributed by atoms with Gasteiger partial charge in [-0.2, -0.15) is 0 Å². The molecule has 0 unspecified atom stereocenters. The van der Waals surface area contributed by atoms with E-state index in [-0.39, 0.29) is 11.1 Å². The molecule has 1 aromatic heterocycles. The first-order chi connectivity index (χ1) is 14.9. The molecule has 1 fully saturated rings. The van der Waals surface area contributed by atoms with Gasteiger partial charge in [-0.1, -0.05) is 30.3 Å². The molecule has 0 saturated carbocycles. The number of hydrogen-bond acceptors (Lipinski definition) is 6. The SMILES string of the molecule is COc1ccc2ccccc2c1CCC(=O)N1CCC(S(=O)(=O)c2nncn2C)CC1. The Kier molecular flexibility index (Phi) is 5.95. The van der Waals surface area contributed by atoms with Crippen LogP contribution in [0.2, 0.25) is 0 Å². The van der Waals surface area contributed by atoms with Gasteiger partial charge in [-0.3, -0.25) is 4.79 Å². The lowest BCUT2D eigenvalue weighted by Crippen LogP contribution is -2.43. The summed E-state index contributed by atoms with van der Waals surface area (Å²) in [4.78, 5) is 14.6. The summed E-state index contributed by atoms with van der Waals surface area (Å²) >= 11 is 0. The van der Waals surface area contributed by atoms with Gasteiger partial charge in [0.05, 0.1) is 12.4 Å². The first-order valence-electron chi connectivity index (χ1n) is 10.3. The van der Waals surface area contributed by atoms with Crippen LogP contribution in [0.4, 0.5) is 0 Å². The van der Waals surface area contributed by atoms with Crippen molar-refractivity contribution in [3.63, 3.8) is 0 Å². The van der Waals surface area contributed by atoms with E-state index in [2.05, 4.69) is 10.2 Å². The van der Waals surface area contributed by atoms with E-state index >= 15 is 0 Å². The average Bonchev–Trinajstić information content (AvgIpc) is 3.24. The Balaban J connectivity index is 1.41. The molecule has 164 valence electrons. The molecule has 2 heterocycles. The minimum Gasteiger partial charge on any atom is -0.496 e. The Labute approximate surface area is 181 Å². The van der Waals surface area contributed by atoms with Crippen LogP contribution in [-0.4, -0.2) is 59.4 Å². The predicted octanol–water partition coefficient (Wildman–Crippen LogP) is 2.37. The zero-order valence-corrected chi connectivity index (χ0v) is 18.5. The number of hydrogen-bond donors (Lipinski definition) is 0. The summed E-state index contributed by atoms with van der Waals surface area (Å²) in [6, 6.07) is 12.0. The van der Waals surface area contributed by atoms with Crippen molar-refractivity contribution in [2.75, 3.05) is 20.2 Å². The summed E-state index contributed by atoms with van der Waals surface area (Å²) < 4.78 is 32.6. The summed E-state index contributed by atoms with van der Waals surface area (Å²) in [5.74, 6) is 0.810. The molecule has 1 aliphatic heterocycles. The molecule has 8 nitrogen and oxygen atoms in total. The van der Waals surface area contributed by atoms with Crippen LogP contribution in [0.5, 0.6) is 5.75 Å². The lowest BCUT2D eigenvalue weighted by molar-refractivity contribution is -0.132. The molecule has 9 heteroatoms. The van der Waals surface area contributed by atoms with Crippen molar-refractivity contribution in [1.82, 2.24) is 19.7 Å². The Morgan fingerprint density at radius 3 is 2.58 bits per heavy atom. The molecule has 1 saturated heterocycles. The molecule has 1 amide bonds.